The van der Waals surface area contributed by atoms with Crippen LogP contribution in [0, 0.1) is 11.7 Å². The van der Waals surface area contributed by atoms with Gasteiger partial charge in [-0.3, -0.25) is 4.68 Å². The number of aromatic nitrogens is 3. The minimum Gasteiger partial charge on any atom is -0.483 e. The summed E-state index contributed by atoms with van der Waals surface area (Å²) in [5, 5.41) is 7.22. The van der Waals surface area contributed by atoms with Gasteiger partial charge in [0.25, 0.3) is 0 Å². The number of nitrogens with one attached hydrogen (secondary N) is 1. The molecular formula is C15H21FN4O. The first-order valence-electron chi connectivity index (χ1n) is 7.01. The normalized spacial score (nSPS) is 11.1. The molecule has 0 bridgehead atoms. The zero-order valence-corrected chi connectivity index (χ0v) is 12.6. The molecule has 1 heterocycles. The number of hydrogen-bond acceptors (Lipinski definition) is 4. The molecule has 0 aliphatic heterocycles. The van der Waals surface area contributed by atoms with E-state index in [1.165, 1.54) is 12.4 Å². The van der Waals surface area contributed by atoms with Gasteiger partial charge in [0.05, 0.1) is 0 Å². The van der Waals surface area contributed by atoms with Gasteiger partial charge in [0, 0.05) is 13.6 Å². The highest BCUT2D eigenvalue weighted by atomic mass is 19.1. The quantitative estimate of drug-likeness (QED) is 0.850. The molecule has 0 unspecified atom stereocenters. The molecule has 114 valence electrons. The fourth-order valence-electron chi connectivity index (χ4n) is 1.87. The van der Waals surface area contributed by atoms with E-state index >= 15 is 0 Å². The second-order valence-corrected chi connectivity index (χ2v) is 5.38. The molecule has 6 heteroatoms. The molecule has 0 saturated carbocycles. The maximum Gasteiger partial charge on any atom is 0.165 e. The lowest BCUT2D eigenvalue weighted by atomic mass is 10.2. The average molecular weight is 292 g/mol. The number of rotatable bonds is 7. The Morgan fingerprint density at radius 1 is 1.38 bits per heavy atom. The third-order valence-electron chi connectivity index (χ3n) is 3.04. The predicted molar refractivity (Wildman–Crippen MR) is 78.3 cm³/mol. The van der Waals surface area contributed by atoms with Crippen molar-refractivity contribution >= 4 is 0 Å². The smallest absolute Gasteiger partial charge is 0.165 e. The van der Waals surface area contributed by atoms with E-state index in [2.05, 4.69) is 29.2 Å². The van der Waals surface area contributed by atoms with Crippen LogP contribution in [0.2, 0.25) is 0 Å². The van der Waals surface area contributed by atoms with Crippen LogP contribution in [-0.4, -0.2) is 21.3 Å². The van der Waals surface area contributed by atoms with Gasteiger partial charge < -0.3 is 10.1 Å². The van der Waals surface area contributed by atoms with E-state index in [1.807, 2.05) is 6.07 Å². The monoisotopic (exact) mass is 292 g/mol. The van der Waals surface area contributed by atoms with E-state index < -0.39 is 0 Å². The maximum atomic E-state index is 14.0. The van der Waals surface area contributed by atoms with Gasteiger partial charge in [0.1, 0.15) is 12.9 Å². The molecule has 0 aliphatic carbocycles. The first-order valence-corrected chi connectivity index (χ1v) is 7.01. The molecule has 0 fully saturated rings. The summed E-state index contributed by atoms with van der Waals surface area (Å²) in [5.41, 5.74) is 0.902. The minimum atomic E-state index is -0.360. The van der Waals surface area contributed by atoms with Gasteiger partial charge in [0.15, 0.2) is 17.4 Å². The Bertz CT molecular complexity index is 583. The third-order valence-corrected chi connectivity index (χ3v) is 3.04. The molecule has 0 aliphatic rings. The summed E-state index contributed by atoms with van der Waals surface area (Å²) in [6.07, 6.45) is 1.44. The number of benzene rings is 1. The highest BCUT2D eigenvalue weighted by molar-refractivity contribution is 5.29. The summed E-state index contributed by atoms with van der Waals surface area (Å²) in [6.45, 7) is 6.02. The molecule has 21 heavy (non-hydrogen) atoms. The summed E-state index contributed by atoms with van der Waals surface area (Å²) in [6, 6.07) is 5.01. The molecule has 0 amide bonds. The Kier molecular flexibility index (Phi) is 5.27. The van der Waals surface area contributed by atoms with Gasteiger partial charge in [-0.05, 0) is 30.2 Å². The molecule has 0 saturated heterocycles. The van der Waals surface area contributed by atoms with Crippen molar-refractivity contribution in [1.82, 2.24) is 20.1 Å². The number of halogens is 1. The van der Waals surface area contributed by atoms with Gasteiger partial charge in [0.2, 0.25) is 0 Å². The average Bonchev–Trinajstić information content (AvgIpc) is 2.83. The van der Waals surface area contributed by atoms with Gasteiger partial charge in [-0.15, -0.1) is 0 Å². The minimum absolute atomic E-state index is 0.193. The molecule has 0 spiro atoms. The van der Waals surface area contributed by atoms with Crippen molar-refractivity contribution in [2.75, 3.05) is 6.54 Å². The van der Waals surface area contributed by atoms with E-state index in [1.54, 1.807) is 17.8 Å². The van der Waals surface area contributed by atoms with Gasteiger partial charge >= 0.3 is 0 Å². The fraction of sp³-hybridized carbons (Fsp3) is 0.467. The van der Waals surface area contributed by atoms with Crippen LogP contribution in [0.5, 0.6) is 5.75 Å². The molecule has 2 aromatic rings. The molecule has 2 rings (SSSR count). The molecule has 0 radical (unpaired) electrons. The summed E-state index contributed by atoms with van der Waals surface area (Å²) in [4.78, 5) is 4.03. The van der Waals surface area contributed by atoms with Crippen molar-refractivity contribution in [3.63, 3.8) is 0 Å². The molecule has 0 atom stereocenters. The number of nitrogens with zero attached hydrogens (tertiary/aromatic N) is 3. The SMILES string of the molecule is CC(C)CNCc1ccc(OCc2ncnn2C)c(F)c1. The Balaban J connectivity index is 1.91. The summed E-state index contributed by atoms with van der Waals surface area (Å²) in [7, 11) is 1.77. The van der Waals surface area contributed by atoms with E-state index in [0.717, 1.165) is 12.1 Å². The zero-order valence-electron chi connectivity index (χ0n) is 12.6. The lowest BCUT2D eigenvalue weighted by Gasteiger charge is -2.10. The molecule has 1 N–H and O–H groups in total. The van der Waals surface area contributed by atoms with Crippen molar-refractivity contribution in [2.24, 2.45) is 13.0 Å². The first-order chi connectivity index (χ1) is 10.1. The van der Waals surface area contributed by atoms with Gasteiger partial charge in [-0.1, -0.05) is 19.9 Å². The summed E-state index contributed by atoms with van der Waals surface area (Å²) >= 11 is 0. The number of ether oxygens (including phenoxy) is 1. The highest BCUT2D eigenvalue weighted by Gasteiger charge is 2.07. The van der Waals surface area contributed by atoms with Crippen LogP contribution < -0.4 is 10.1 Å². The van der Waals surface area contributed by atoms with Crippen molar-refractivity contribution in [3.05, 3.63) is 41.7 Å². The van der Waals surface area contributed by atoms with Crippen LogP contribution in [0.3, 0.4) is 0 Å². The van der Waals surface area contributed by atoms with Crippen molar-refractivity contribution in [3.8, 4) is 5.75 Å². The number of aryl methyl sites for hydroxylation is 1. The van der Waals surface area contributed by atoms with Crippen molar-refractivity contribution < 1.29 is 9.13 Å². The topological polar surface area (TPSA) is 52.0 Å². The Hall–Kier alpha value is -1.95. The molecule has 1 aromatic heterocycles. The largest absolute Gasteiger partial charge is 0.483 e. The first kappa shape index (κ1) is 15.4. The van der Waals surface area contributed by atoms with Crippen molar-refractivity contribution in [2.45, 2.75) is 27.0 Å². The Labute approximate surface area is 124 Å². The fourth-order valence-corrected chi connectivity index (χ4v) is 1.87. The zero-order chi connectivity index (χ0) is 15.2. The number of hydrogen-bond donors (Lipinski definition) is 1. The van der Waals surface area contributed by atoms with Crippen LogP contribution in [0.25, 0.3) is 0 Å². The van der Waals surface area contributed by atoms with Crippen molar-refractivity contribution in [1.29, 1.82) is 0 Å². The van der Waals surface area contributed by atoms with E-state index in [0.29, 0.717) is 18.3 Å². The highest BCUT2D eigenvalue weighted by Crippen LogP contribution is 2.19. The Morgan fingerprint density at radius 3 is 2.81 bits per heavy atom. The van der Waals surface area contributed by atoms with Crippen LogP contribution in [0.1, 0.15) is 25.2 Å². The van der Waals surface area contributed by atoms with Gasteiger partial charge in [-0.2, -0.15) is 5.10 Å². The lowest BCUT2D eigenvalue weighted by Crippen LogP contribution is -2.19. The van der Waals surface area contributed by atoms with Crippen LogP contribution in [0.4, 0.5) is 4.39 Å². The van der Waals surface area contributed by atoms with E-state index in [-0.39, 0.29) is 18.2 Å². The third kappa shape index (κ3) is 4.53. The predicted octanol–water partition coefficient (Wildman–Crippen LogP) is 2.28. The van der Waals surface area contributed by atoms with Gasteiger partial charge in [-0.25, -0.2) is 9.37 Å². The van der Waals surface area contributed by atoms with Crippen LogP contribution >= 0.6 is 0 Å². The van der Waals surface area contributed by atoms with E-state index in [9.17, 15) is 4.39 Å². The second kappa shape index (κ2) is 7.17. The Morgan fingerprint density at radius 2 is 2.19 bits per heavy atom. The summed E-state index contributed by atoms with van der Waals surface area (Å²) < 4.78 is 21.0. The second-order valence-electron chi connectivity index (χ2n) is 5.38. The molecule has 5 nitrogen and oxygen atoms in total. The maximum absolute atomic E-state index is 14.0. The molecular weight excluding hydrogens is 271 g/mol. The lowest BCUT2D eigenvalue weighted by molar-refractivity contribution is 0.275. The summed E-state index contributed by atoms with van der Waals surface area (Å²) in [5.74, 6) is 1.09. The van der Waals surface area contributed by atoms with Crippen LogP contribution in [0.15, 0.2) is 24.5 Å². The van der Waals surface area contributed by atoms with Crippen LogP contribution in [-0.2, 0) is 20.2 Å². The standard InChI is InChI=1S/C15H21FN4O/c1-11(2)7-17-8-12-4-5-14(13(16)6-12)21-9-15-18-10-19-20(15)3/h4-6,10-11,17H,7-9H2,1-3H3. The van der Waals surface area contributed by atoms with E-state index in [4.69, 9.17) is 4.74 Å². The molecule has 1 aromatic carbocycles.